The third-order valence-corrected chi connectivity index (χ3v) is 5.05. The number of amides is 1. The normalized spacial score (nSPS) is 11.0. The van der Waals surface area contributed by atoms with E-state index < -0.39 is 0 Å². The highest BCUT2D eigenvalue weighted by Gasteiger charge is 2.10. The minimum absolute atomic E-state index is 0.0515. The summed E-state index contributed by atoms with van der Waals surface area (Å²) in [6, 6.07) is 14.3. The Morgan fingerprint density at radius 1 is 1.17 bits per heavy atom. The smallest absolute Gasteiger partial charge is 0.224 e. The van der Waals surface area contributed by atoms with Crippen molar-refractivity contribution in [2.75, 3.05) is 6.54 Å². The van der Waals surface area contributed by atoms with Gasteiger partial charge in [0, 0.05) is 27.6 Å². The molecule has 0 bridgehead atoms. The number of benzene rings is 2. The van der Waals surface area contributed by atoms with Gasteiger partial charge in [0.1, 0.15) is 0 Å². The van der Waals surface area contributed by atoms with Crippen LogP contribution in [0.5, 0.6) is 0 Å². The lowest BCUT2D eigenvalue weighted by Gasteiger charge is -2.07. The van der Waals surface area contributed by atoms with Crippen LogP contribution in [0.4, 0.5) is 0 Å². The van der Waals surface area contributed by atoms with Crippen molar-refractivity contribution in [3.63, 3.8) is 0 Å². The van der Waals surface area contributed by atoms with Crippen molar-refractivity contribution in [2.45, 2.75) is 26.7 Å². The van der Waals surface area contributed by atoms with E-state index in [4.69, 9.17) is 0 Å². The van der Waals surface area contributed by atoms with Gasteiger partial charge in [0.25, 0.3) is 0 Å². The molecule has 0 aliphatic rings. The number of halogens is 1. The summed E-state index contributed by atoms with van der Waals surface area (Å²) >= 11 is 3.48. The summed E-state index contributed by atoms with van der Waals surface area (Å²) in [7, 11) is 0. The van der Waals surface area contributed by atoms with Crippen LogP contribution in [0.2, 0.25) is 0 Å². The predicted molar refractivity (Wildman–Crippen MR) is 102 cm³/mol. The number of aryl methyl sites for hydroxylation is 2. The highest BCUT2D eigenvalue weighted by molar-refractivity contribution is 9.10. The SMILES string of the molecule is Cc1ccc2[nH]c(C)c(CCNC(=O)Cc3ccccc3Br)c2c1. The number of carbonyl (C=O) groups is 1. The number of hydrogen-bond acceptors (Lipinski definition) is 1. The first-order chi connectivity index (χ1) is 11.5. The molecule has 0 saturated heterocycles. The molecule has 2 N–H and O–H groups in total. The molecule has 3 rings (SSSR count). The van der Waals surface area contributed by atoms with Gasteiger partial charge in [-0.2, -0.15) is 0 Å². The topological polar surface area (TPSA) is 44.9 Å². The molecule has 0 atom stereocenters. The summed E-state index contributed by atoms with van der Waals surface area (Å²) in [6.45, 7) is 4.84. The molecule has 3 nitrogen and oxygen atoms in total. The molecule has 3 aromatic rings. The first kappa shape index (κ1) is 16.8. The van der Waals surface area contributed by atoms with E-state index in [-0.39, 0.29) is 5.91 Å². The van der Waals surface area contributed by atoms with E-state index in [1.54, 1.807) is 0 Å². The minimum Gasteiger partial charge on any atom is -0.358 e. The van der Waals surface area contributed by atoms with Crippen LogP contribution in [0.1, 0.15) is 22.4 Å². The summed E-state index contributed by atoms with van der Waals surface area (Å²) in [5.41, 5.74) is 5.88. The van der Waals surface area contributed by atoms with E-state index in [1.165, 1.54) is 22.2 Å². The van der Waals surface area contributed by atoms with Crippen LogP contribution in [-0.4, -0.2) is 17.4 Å². The van der Waals surface area contributed by atoms with Crippen molar-refractivity contribution in [1.82, 2.24) is 10.3 Å². The van der Waals surface area contributed by atoms with E-state index in [9.17, 15) is 4.79 Å². The van der Waals surface area contributed by atoms with Crippen LogP contribution < -0.4 is 5.32 Å². The zero-order valence-electron chi connectivity index (χ0n) is 13.9. The summed E-state index contributed by atoms with van der Waals surface area (Å²) in [4.78, 5) is 15.6. The standard InChI is InChI=1S/C20H21BrN2O/c1-13-7-8-19-17(11-13)16(14(2)23-19)9-10-22-20(24)12-15-5-3-4-6-18(15)21/h3-8,11,23H,9-10,12H2,1-2H3,(H,22,24). The zero-order valence-corrected chi connectivity index (χ0v) is 15.5. The van der Waals surface area contributed by atoms with Gasteiger partial charge in [0.05, 0.1) is 6.42 Å². The molecule has 0 aliphatic carbocycles. The van der Waals surface area contributed by atoms with Crippen molar-refractivity contribution in [1.29, 1.82) is 0 Å². The molecule has 0 unspecified atom stereocenters. The first-order valence-corrected chi connectivity index (χ1v) is 8.92. The van der Waals surface area contributed by atoms with Crippen molar-refractivity contribution in [3.8, 4) is 0 Å². The predicted octanol–water partition coefficient (Wildman–Crippen LogP) is 4.45. The molecule has 2 aromatic carbocycles. The van der Waals surface area contributed by atoms with Gasteiger partial charge in [-0.1, -0.05) is 45.8 Å². The maximum Gasteiger partial charge on any atom is 0.224 e. The molecule has 0 radical (unpaired) electrons. The second kappa shape index (κ2) is 7.22. The van der Waals surface area contributed by atoms with E-state index in [2.05, 4.69) is 58.3 Å². The van der Waals surface area contributed by atoms with Crippen LogP contribution in [0.15, 0.2) is 46.9 Å². The Bertz CT molecular complexity index is 882. The van der Waals surface area contributed by atoms with Crippen LogP contribution in [0.3, 0.4) is 0 Å². The molecule has 4 heteroatoms. The van der Waals surface area contributed by atoms with E-state index in [0.717, 1.165) is 22.0 Å². The number of aromatic nitrogens is 1. The van der Waals surface area contributed by atoms with Gasteiger partial charge in [0.2, 0.25) is 5.91 Å². The number of rotatable bonds is 5. The molecule has 1 aromatic heterocycles. The van der Waals surface area contributed by atoms with Gasteiger partial charge in [-0.15, -0.1) is 0 Å². The van der Waals surface area contributed by atoms with Gasteiger partial charge < -0.3 is 10.3 Å². The zero-order chi connectivity index (χ0) is 17.1. The lowest BCUT2D eigenvalue weighted by molar-refractivity contribution is -0.120. The maximum absolute atomic E-state index is 12.2. The molecule has 0 saturated carbocycles. The van der Waals surface area contributed by atoms with Crippen molar-refractivity contribution in [2.24, 2.45) is 0 Å². The average molecular weight is 385 g/mol. The van der Waals surface area contributed by atoms with E-state index >= 15 is 0 Å². The third kappa shape index (κ3) is 3.70. The average Bonchev–Trinajstić information content (AvgIpc) is 2.85. The second-order valence-electron chi connectivity index (χ2n) is 6.15. The molecule has 124 valence electrons. The second-order valence-corrected chi connectivity index (χ2v) is 7.00. The number of aromatic amines is 1. The van der Waals surface area contributed by atoms with Gasteiger partial charge >= 0.3 is 0 Å². The van der Waals surface area contributed by atoms with E-state index in [0.29, 0.717) is 13.0 Å². The Balaban J connectivity index is 1.62. The molecule has 1 heterocycles. The van der Waals surface area contributed by atoms with Crippen LogP contribution in [0, 0.1) is 13.8 Å². The highest BCUT2D eigenvalue weighted by atomic mass is 79.9. The molecule has 0 fully saturated rings. The quantitative estimate of drug-likeness (QED) is 0.670. The fraction of sp³-hybridized carbons (Fsp3) is 0.250. The molecule has 1 amide bonds. The summed E-state index contributed by atoms with van der Waals surface area (Å²) in [6.07, 6.45) is 1.23. The molecule has 24 heavy (non-hydrogen) atoms. The summed E-state index contributed by atoms with van der Waals surface area (Å²) in [5, 5.41) is 4.29. The molecule has 0 aliphatic heterocycles. The Hall–Kier alpha value is -2.07. The number of nitrogens with one attached hydrogen (secondary N) is 2. The Kier molecular flexibility index (Phi) is 5.05. The van der Waals surface area contributed by atoms with Crippen LogP contribution >= 0.6 is 15.9 Å². The fourth-order valence-electron chi connectivity index (χ4n) is 3.02. The van der Waals surface area contributed by atoms with Crippen molar-refractivity contribution < 1.29 is 4.79 Å². The molecular weight excluding hydrogens is 364 g/mol. The Morgan fingerprint density at radius 2 is 1.96 bits per heavy atom. The highest BCUT2D eigenvalue weighted by Crippen LogP contribution is 2.23. The van der Waals surface area contributed by atoms with Crippen LogP contribution in [-0.2, 0) is 17.6 Å². The van der Waals surface area contributed by atoms with E-state index in [1.807, 2.05) is 24.3 Å². The number of carbonyl (C=O) groups excluding carboxylic acids is 1. The van der Waals surface area contributed by atoms with Gasteiger partial charge in [-0.05, 0) is 49.6 Å². The largest absolute Gasteiger partial charge is 0.358 e. The van der Waals surface area contributed by atoms with Crippen molar-refractivity contribution >= 4 is 32.7 Å². The monoisotopic (exact) mass is 384 g/mol. The lowest BCUT2D eigenvalue weighted by atomic mass is 10.1. The van der Waals surface area contributed by atoms with Crippen LogP contribution in [0.25, 0.3) is 10.9 Å². The third-order valence-electron chi connectivity index (χ3n) is 4.28. The summed E-state index contributed by atoms with van der Waals surface area (Å²) < 4.78 is 0.975. The first-order valence-electron chi connectivity index (χ1n) is 8.12. The Labute approximate surface area is 150 Å². The number of H-pyrrole nitrogens is 1. The molecular formula is C20H21BrN2O. The van der Waals surface area contributed by atoms with Crippen molar-refractivity contribution in [3.05, 3.63) is 69.3 Å². The molecule has 0 spiro atoms. The van der Waals surface area contributed by atoms with Gasteiger partial charge in [0.15, 0.2) is 0 Å². The lowest BCUT2D eigenvalue weighted by Crippen LogP contribution is -2.27. The number of fused-ring (bicyclic) bond motifs is 1. The summed E-state index contributed by atoms with van der Waals surface area (Å²) in [5.74, 6) is 0.0515. The van der Waals surface area contributed by atoms with Gasteiger partial charge in [-0.3, -0.25) is 4.79 Å². The number of hydrogen-bond donors (Lipinski definition) is 2. The van der Waals surface area contributed by atoms with Gasteiger partial charge in [-0.25, -0.2) is 0 Å². The maximum atomic E-state index is 12.2. The fourth-order valence-corrected chi connectivity index (χ4v) is 3.45. The Morgan fingerprint density at radius 3 is 2.75 bits per heavy atom. The minimum atomic E-state index is 0.0515.